The number of hydrogen-bond acceptors (Lipinski definition) is 3. The van der Waals surface area contributed by atoms with Crippen molar-refractivity contribution in [2.24, 2.45) is 0 Å². The van der Waals surface area contributed by atoms with E-state index in [-0.39, 0.29) is 23.9 Å². The summed E-state index contributed by atoms with van der Waals surface area (Å²) in [6.45, 7) is 7.99. The van der Waals surface area contributed by atoms with Crippen molar-refractivity contribution in [3.05, 3.63) is 101 Å². The maximum Gasteiger partial charge on any atom is 0.241 e. The molecule has 3 aromatic rings. The SMILES string of the molecule is Cc1ccc([C@H](NC(=O)CN(c2ccc(C(C)(C)C)cc2)S(C)(=O)=O)c2ccccc2)cc1. The summed E-state index contributed by atoms with van der Waals surface area (Å²) in [4.78, 5) is 13.1. The number of sulfonamides is 1. The molecule has 0 aliphatic carbocycles. The van der Waals surface area contributed by atoms with E-state index < -0.39 is 10.0 Å². The molecule has 0 spiro atoms. The number of nitrogens with zero attached hydrogens (tertiary/aromatic N) is 1. The Hall–Kier alpha value is -3.12. The van der Waals surface area contributed by atoms with Crippen molar-refractivity contribution in [3.63, 3.8) is 0 Å². The Morgan fingerprint density at radius 1 is 0.879 bits per heavy atom. The topological polar surface area (TPSA) is 66.5 Å². The van der Waals surface area contributed by atoms with Crippen LogP contribution in [0.5, 0.6) is 0 Å². The summed E-state index contributed by atoms with van der Waals surface area (Å²) < 4.78 is 26.3. The first kappa shape index (κ1) is 24.5. The van der Waals surface area contributed by atoms with Gasteiger partial charge in [0.05, 0.1) is 18.0 Å². The molecule has 6 heteroatoms. The van der Waals surface area contributed by atoms with Crippen LogP contribution in [0.4, 0.5) is 5.69 Å². The molecule has 0 saturated carbocycles. The standard InChI is InChI=1S/C27H32N2O3S/c1-20-11-13-22(14-12-20)26(21-9-7-6-8-10-21)28-25(30)19-29(33(5,31)32)24-17-15-23(16-18-24)27(2,3)4/h6-18,26H,19H2,1-5H3,(H,28,30)/t26-/m1/s1. The van der Waals surface area contributed by atoms with E-state index >= 15 is 0 Å². The summed E-state index contributed by atoms with van der Waals surface area (Å²) in [6, 6.07) is 24.5. The zero-order valence-corrected chi connectivity index (χ0v) is 20.7. The minimum absolute atomic E-state index is 0.0528. The molecule has 0 heterocycles. The molecular formula is C27H32N2O3S. The molecule has 0 bridgehead atoms. The summed E-state index contributed by atoms with van der Waals surface area (Å²) in [6.07, 6.45) is 1.12. The van der Waals surface area contributed by atoms with Crippen molar-refractivity contribution in [2.75, 3.05) is 17.1 Å². The minimum atomic E-state index is -3.66. The smallest absolute Gasteiger partial charge is 0.241 e. The van der Waals surface area contributed by atoms with E-state index in [2.05, 4.69) is 26.1 Å². The van der Waals surface area contributed by atoms with Crippen LogP contribution in [0.3, 0.4) is 0 Å². The summed E-state index contributed by atoms with van der Waals surface area (Å²) >= 11 is 0. The van der Waals surface area contributed by atoms with Crippen molar-refractivity contribution in [1.29, 1.82) is 0 Å². The van der Waals surface area contributed by atoms with E-state index in [4.69, 9.17) is 0 Å². The highest BCUT2D eigenvalue weighted by Crippen LogP contribution is 2.26. The maximum atomic E-state index is 13.1. The number of carbonyl (C=O) groups is 1. The van der Waals surface area contributed by atoms with E-state index in [9.17, 15) is 13.2 Å². The first-order chi connectivity index (χ1) is 15.4. The maximum absolute atomic E-state index is 13.1. The van der Waals surface area contributed by atoms with Gasteiger partial charge >= 0.3 is 0 Å². The molecule has 174 valence electrons. The quantitative estimate of drug-likeness (QED) is 0.537. The van der Waals surface area contributed by atoms with Crippen LogP contribution in [0, 0.1) is 6.92 Å². The zero-order chi connectivity index (χ0) is 24.2. The predicted octanol–water partition coefficient (Wildman–Crippen LogP) is 4.96. The van der Waals surface area contributed by atoms with Gasteiger partial charge in [-0.25, -0.2) is 8.42 Å². The van der Waals surface area contributed by atoms with Gasteiger partial charge in [0.25, 0.3) is 0 Å². The third-order valence-electron chi connectivity index (χ3n) is 5.56. The Bertz CT molecular complexity index is 1180. The van der Waals surface area contributed by atoms with Crippen LogP contribution in [0.1, 0.15) is 49.1 Å². The second-order valence-electron chi connectivity index (χ2n) is 9.39. The second-order valence-corrected chi connectivity index (χ2v) is 11.3. The highest BCUT2D eigenvalue weighted by molar-refractivity contribution is 7.92. The van der Waals surface area contributed by atoms with Crippen LogP contribution in [0.2, 0.25) is 0 Å². The van der Waals surface area contributed by atoms with Gasteiger partial charge < -0.3 is 5.32 Å². The normalized spacial score (nSPS) is 12.8. The molecule has 1 amide bonds. The third kappa shape index (κ3) is 6.45. The largest absolute Gasteiger partial charge is 0.344 e. The minimum Gasteiger partial charge on any atom is -0.344 e. The Morgan fingerprint density at radius 2 is 1.42 bits per heavy atom. The zero-order valence-electron chi connectivity index (χ0n) is 19.9. The number of hydrogen-bond donors (Lipinski definition) is 1. The van der Waals surface area contributed by atoms with Gasteiger partial charge in [-0.2, -0.15) is 0 Å². The fraction of sp³-hybridized carbons (Fsp3) is 0.296. The lowest BCUT2D eigenvalue weighted by Gasteiger charge is -2.26. The van der Waals surface area contributed by atoms with E-state index in [1.165, 1.54) is 0 Å². The van der Waals surface area contributed by atoms with Gasteiger partial charge in [-0.1, -0.05) is 93.1 Å². The van der Waals surface area contributed by atoms with Crippen molar-refractivity contribution in [2.45, 2.75) is 39.2 Å². The number of aryl methyl sites for hydroxylation is 1. The number of rotatable bonds is 7. The summed E-state index contributed by atoms with van der Waals surface area (Å²) in [7, 11) is -3.66. The van der Waals surface area contributed by atoms with Crippen LogP contribution < -0.4 is 9.62 Å². The molecule has 3 rings (SSSR count). The van der Waals surface area contributed by atoms with Crippen molar-refractivity contribution in [3.8, 4) is 0 Å². The molecular weight excluding hydrogens is 432 g/mol. The molecule has 1 atom stereocenters. The average molecular weight is 465 g/mol. The Kier molecular flexibility index (Phi) is 7.28. The lowest BCUT2D eigenvalue weighted by molar-refractivity contribution is -0.120. The molecule has 0 aliphatic rings. The van der Waals surface area contributed by atoms with E-state index in [0.29, 0.717) is 5.69 Å². The third-order valence-corrected chi connectivity index (χ3v) is 6.70. The fourth-order valence-electron chi connectivity index (χ4n) is 3.63. The van der Waals surface area contributed by atoms with Gasteiger partial charge in [-0.05, 0) is 41.2 Å². The number of amides is 1. The molecule has 0 radical (unpaired) electrons. The van der Waals surface area contributed by atoms with Crippen LogP contribution in [-0.4, -0.2) is 27.1 Å². The highest BCUT2D eigenvalue weighted by Gasteiger charge is 2.24. The fourth-order valence-corrected chi connectivity index (χ4v) is 4.48. The number of anilines is 1. The van der Waals surface area contributed by atoms with E-state index in [0.717, 1.165) is 32.8 Å². The number of nitrogens with one attached hydrogen (secondary N) is 1. The first-order valence-corrected chi connectivity index (χ1v) is 12.8. The first-order valence-electron chi connectivity index (χ1n) is 10.9. The lowest BCUT2D eigenvalue weighted by Crippen LogP contribution is -2.41. The van der Waals surface area contributed by atoms with Crippen LogP contribution >= 0.6 is 0 Å². The Morgan fingerprint density at radius 3 is 1.94 bits per heavy atom. The average Bonchev–Trinajstić information content (AvgIpc) is 2.76. The van der Waals surface area contributed by atoms with Gasteiger partial charge in [0.1, 0.15) is 6.54 Å². The van der Waals surface area contributed by atoms with Crippen LogP contribution in [0.15, 0.2) is 78.9 Å². The summed E-state index contributed by atoms with van der Waals surface area (Å²) in [5, 5.41) is 3.03. The van der Waals surface area contributed by atoms with Gasteiger partial charge in [-0.15, -0.1) is 0 Å². The monoisotopic (exact) mass is 464 g/mol. The van der Waals surface area contributed by atoms with Gasteiger partial charge in [0.15, 0.2) is 0 Å². The highest BCUT2D eigenvalue weighted by atomic mass is 32.2. The van der Waals surface area contributed by atoms with Crippen LogP contribution in [-0.2, 0) is 20.2 Å². The van der Waals surface area contributed by atoms with Crippen molar-refractivity contribution >= 4 is 21.6 Å². The summed E-state index contributed by atoms with van der Waals surface area (Å²) in [5.74, 6) is -0.380. The van der Waals surface area contributed by atoms with E-state index in [1.807, 2.05) is 73.7 Å². The molecule has 0 fully saturated rings. The van der Waals surface area contributed by atoms with Gasteiger partial charge in [-0.3, -0.25) is 9.10 Å². The Balaban J connectivity index is 1.87. The summed E-state index contributed by atoms with van der Waals surface area (Å²) in [5.41, 5.74) is 4.48. The number of carbonyl (C=O) groups excluding carboxylic acids is 1. The predicted molar refractivity (Wildman–Crippen MR) is 135 cm³/mol. The molecule has 0 unspecified atom stereocenters. The van der Waals surface area contributed by atoms with Crippen molar-refractivity contribution in [1.82, 2.24) is 5.32 Å². The number of benzene rings is 3. The Labute approximate surface area is 197 Å². The molecule has 0 aliphatic heterocycles. The molecule has 33 heavy (non-hydrogen) atoms. The molecule has 5 nitrogen and oxygen atoms in total. The molecule has 0 aromatic heterocycles. The van der Waals surface area contributed by atoms with E-state index in [1.54, 1.807) is 12.1 Å². The lowest BCUT2D eigenvalue weighted by atomic mass is 9.87. The van der Waals surface area contributed by atoms with Gasteiger partial charge in [0.2, 0.25) is 15.9 Å². The molecule has 3 aromatic carbocycles. The van der Waals surface area contributed by atoms with Crippen molar-refractivity contribution < 1.29 is 13.2 Å². The van der Waals surface area contributed by atoms with Crippen LogP contribution in [0.25, 0.3) is 0 Å². The molecule has 0 saturated heterocycles. The second kappa shape index (κ2) is 9.79. The molecule has 1 N–H and O–H groups in total. The van der Waals surface area contributed by atoms with Gasteiger partial charge in [0, 0.05) is 0 Å².